The summed E-state index contributed by atoms with van der Waals surface area (Å²) in [7, 11) is 0. The van der Waals surface area contributed by atoms with Crippen molar-refractivity contribution in [3.63, 3.8) is 0 Å². The normalized spacial score (nSPS) is 10.4. The molecule has 0 fully saturated rings. The van der Waals surface area contributed by atoms with Crippen LogP contribution in [0.3, 0.4) is 0 Å². The maximum absolute atomic E-state index is 13.4. The zero-order valence-corrected chi connectivity index (χ0v) is 10.0. The van der Waals surface area contributed by atoms with E-state index in [0.29, 0.717) is 9.21 Å². The molecule has 0 atom stereocenters. The number of carbonyl (C=O) groups excluding carboxylic acids is 1. The molecule has 4 heteroatoms. The summed E-state index contributed by atoms with van der Waals surface area (Å²) in [5.74, 6) is -0.826. The predicted octanol–water partition coefficient (Wildman–Crippen LogP) is 4.08. The van der Waals surface area contributed by atoms with Gasteiger partial charge in [-0.05, 0) is 30.7 Å². The molecule has 0 N–H and O–H groups in total. The summed E-state index contributed by atoms with van der Waals surface area (Å²) in [6, 6.07) is 7.62. The number of thiophene rings is 1. The molecule has 0 unspecified atom stereocenters. The van der Waals surface area contributed by atoms with E-state index in [2.05, 4.69) is 0 Å². The predicted molar refractivity (Wildman–Crippen MR) is 63.9 cm³/mol. The molecule has 1 aromatic carbocycles. The summed E-state index contributed by atoms with van der Waals surface area (Å²) in [5, 5.41) is 0. The summed E-state index contributed by atoms with van der Waals surface area (Å²) in [4.78, 5) is 12.4. The average Bonchev–Trinajstić information content (AvgIpc) is 2.59. The van der Waals surface area contributed by atoms with Crippen LogP contribution in [0, 0.1) is 12.7 Å². The number of halogens is 2. The third-order valence-electron chi connectivity index (χ3n) is 2.20. The molecule has 0 spiro atoms. The van der Waals surface area contributed by atoms with Crippen LogP contribution in [-0.4, -0.2) is 5.78 Å². The first-order valence-corrected chi connectivity index (χ1v) is 5.84. The average molecular weight is 255 g/mol. The second-order valence-electron chi connectivity index (χ2n) is 3.38. The Hall–Kier alpha value is -1.19. The van der Waals surface area contributed by atoms with Crippen LogP contribution in [0.4, 0.5) is 4.39 Å². The smallest absolute Gasteiger partial charge is 0.205 e. The lowest BCUT2D eigenvalue weighted by Gasteiger charge is -1.98. The Morgan fingerprint density at radius 1 is 1.38 bits per heavy atom. The number of hydrogen-bond donors (Lipinski definition) is 0. The molecule has 2 rings (SSSR count). The van der Waals surface area contributed by atoms with Gasteiger partial charge in [-0.1, -0.05) is 23.7 Å². The van der Waals surface area contributed by atoms with Gasteiger partial charge in [-0.3, -0.25) is 4.79 Å². The topological polar surface area (TPSA) is 17.1 Å². The molecule has 0 amide bonds. The summed E-state index contributed by atoms with van der Waals surface area (Å²) >= 11 is 7.05. The second kappa shape index (κ2) is 4.36. The first kappa shape index (κ1) is 11.3. The van der Waals surface area contributed by atoms with Crippen LogP contribution in [0.25, 0.3) is 0 Å². The van der Waals surface area contributed by atoms with Gasteiger partial charge in [-0.15, -0.1) is 11.3 Å². The number of rotatable bonds is 2. The maximum Gasteiger partial charge on any atom is 0.205 e. The van der Waals surface area contributed by atoms with Crippen LogP contribution in [-0.2, 0) is 0 Å². The van der Waals surface area contributed by atoms with Gasteiger partial charge in [0, 0.05) is 0 Å². The molecule has 1 heterocycles. The molecule has 0 bridgehead atoms. The molecule has 2 aromatic rings. The highest BCUT2D eigenvalue weighted by Gasteiger charge is 2.16. The minimum atomic E-state index is -0.505. The van der Waals surface area contributed by atoms with Gasteiger partial charge in [0.1, 0.15) is 5.82 Å². The van der Waals surface area contributed by atoms with Crippen molar-refractivity contribution in [3.8, 4) is 0 Å². The Morgan fingerprint density at radius 3 is 2.62 bits per heavy atom. The molecule has 16 heavy (non-hydrogen) atoms. The van der Waals surface area contributed by atoms with Gasteiger partial charge < -0.3 is 0 Å². The zero-order chi connectivity index (χ0) is 11.7. The quantitative estimate of drug-likeness (QED) is 0.738. The van der Waals surface area contributed by atoms with E-state index in [1.807, 2.05) is 6.92 Å². The Kier molecular flexibility index (Phi) is 3.08. The van der Waals surface area contributed by atoms with Crippen molar-refractivity contribution in [2.45, 2.75) is 6.92 Å². The lowest BCUT2D eigenvalue weighted by molar-refractivity contribution is 0.103. The number of benzene rings is 1. The van der Waals surface area contributed by atoms with Crippen LogP contribution in [0.15, 0.2) is 30.3 Å². The fraction of sp³-hybridized carbons (Fsp3) is 0.0833. The molecule has 0 aliphatic carbocycles. The number of carbonyl (C=O) groups is 1. The van der Waals surface area contributed by atoms with Gasteiger partial charge in [-0.2, -0.15) is 0 Å². The molecule has 0 saturated heterocycles. The Morgan fingerprint density at radius 2 is 2.06 bits per heavy atom. The Balaban J connectivity index is 2.43. The molecule has 82 valence electrons. The van der Waals surface area contributed by atoms with E-state index < -0.39 is 5.82 Å². The third-order valence-corrected chi connectivity index (χ3v) is 3.75. The van der Waals surface area contributed by atoms with Crippen molar-refractivity contribution < 1.29 is 9.18 Å². The van der Waals surface area contributed by atoms with Crippen molar-refractivity contribution in [1.82, 2.24) is 0 Å². The van der Waals surface area contributed by atoms with Crippen LogP contribution in [0.5, 0.6) is 0 Å². The number of ketones is 1. The first-order chi connectivity index (χ1) is 7.59. The minimum Gasteiger partial charge on any atom is -0.288 e. The van der Waals surface area contributed by atoms with E-state index in [0.717, 1.165) is 5.56 Å². The fourth-order valence-corrected chi connectivity index (χ4v) is 2.51. The van der Waals surface area contributed by atoms with Crippen molar-refractivity contribution in [3.05, 3.63) is 56.5 Å². The molecule has 0 aliphatic heterocycles. The molecular formula is C12H8ClFOS. The number of aryl methyl sites for hydroxylation is 1. The van der Waals surface area contributed by atoms with Crippen LogP contribution in [0.1, 0.15) is 20.8 Å². The summed E-state index contributed by atoms with van der Waals surface area (Å²) in [5.41, 5.74) is 0.923. The summed E-state index contributed by atoms with van der Waals surface area (Å²) < 4.78 is 14.0. The van der Waals surface area contributed by atoms with E-state index in [9.17, 15) is 9.18 Å². The van der Waals surface area contributed by atoms with Crippen molar-refractivity contribution in [2.75, 3.05) is 0 Å². The van der Waals surface area contributed by atoms with Gasteiger partial charge in [0.2, 0.25) is 5.78 Å². The highest BCUT2D eigenvalue weighted by Crippen LogP contribution is 2.28. The molecule has 0 saturated carbocycles. The molecule has 1 nitrogen and oxygen atoms in total. The van der Waals surface area contributed by atoms with E-state index in [1.54, 1.807) is 18.2 Å². The highest BCUT2D eigenvalue weighted by atomic mass is 35.5. The largest absolute Gasteiger partial charge is 0.288 e. The van der Waals surface area contributed by atoms with Crippen molar-refractivity contribution in [2.24, 2.45) is 0 Å². The minimum absolute atomic E-state index is 0.0837. The van der Waals surface area contributed by atoms with E-state index in [4.69, 9.17) is 11.6 Å². The van der Waals surface area contributed by atoms with E-state index in [-0.39, 0.29) is 11.3 Å². The molecule has 0 radical (unpaired) electrons. The molecule has 0 aliphatic rings. The van der Waals surface area contributed by atoms with Crippen molar-refractivity contribution >= 4 is 28.7 Å². The molecule has 1 aromatic heterocycles. The van der Waals surface area contributed by atoms with Crippen molar-refractivity contribution in [1.29, 1.82) is 0 Å². The molecular weight excluding hydrogens is 247 g/mol. The second-order valence-corrected chi connectivity index (χ2v) is 5.03. The van der Waals surface area contributed by atoms with Gasteiger partial charge in [-0.25, -0.2) is 4.39 Å². The summed E-state index contributed by atoms with van der Waals surface area (Å²) in [6.07, 6.45) is 0. The zero-order valence-electron chi connectivity index (χ0n) is 8.46. The van der Waals surface area contributed by atoms with Gasteiger partial charge in [0.05, 0.1) is 14.8 Å². The van der Waals surface area contributed by atoms with E-state index >= 15 is 0 Å². The monoisotopic (exact) mass is 254 g/mol. The third kappa shape index (κ3) is 2.01. The van der Waals surface area contributed by atoms with Gasteiger partial charge >= 0.3 is 0 Å². The maximum atomic E-state index is 13.4. The van der Waals surface area contributed by atoms with Gasteiger partial charge in [0.25, 0.3) is 0 Å². The lowest BCUT2D eigenvalue weighted by Crippen LogP contribution is -2.01. The first-order valence-electron chi connectivity index (χ1n) is 4.65. The Labute approximate surface area is 101 Å². The number of hydrogen-bond acceptors (Lipinski definition) is 2. The van der Waals surface area contributed by atoms with Crippen LogP contribution in [0.2, 0.25) is 4.34 Å². The standard InChI is InChI=1S/C12H8ClFOS/c1-7-6-10(16-12(7)13)11(15)8-4-2-3-5-9(8)14/h2-6H,1H3. The van der Waals surface area contributed by atoms with Crippen LogP contribution < -0.4 is 0 Å². The summed E-state index contributed by atoms with van der Waals surface area (Å²) in [6.45, 7) is 1.82. The fourth-order valence-electron chi connectivity index (χ4n) is 1.35. The highest BCUT2D eigenvalue weighted by molar-refractivity contribution is 7.18. The Bertz CT molecular complexity index is 528. The lowest BCUT2D eigenvalue weighted by atomic mass is 10.1. The van der Waals surface area contributed by atoms with E-state index in [1.165, 1.54) is 23.5 Å². The SMILES string of the molecule is Cc1cc(C(=O)c2ccccc2F)sc1Cl. The van der Waals surface area contributed by atoms with Crippen LogP contribution >= 0.6 is 22.9 Å². The van der Waals surface area contributed by atoms with Gasteiger partial charge in [0.15, 0.2) is 0 Å².